The molecule has 0 saturated heterocycles. The maximum atomic E-state index is 12.0. The molecule has 0 aliphatic heterocycles. The van der Waals surface area contributed by atoms with Gasteiger partial charge in [-0.05, 0) is 30.7 Å². The molecule has 0 aliphatic rings. The summed E-state index contributed by atoms with van der Waals surface area (Å²) in [5, 5.41) is 13.7. The van der Waals surface area contributed by atoms with E-state index >= 15 is 0 Å². The van der Waals surface area contributed by atoms with Crippen LogP contribution in [0.2, 0.25) is 0 Å². The summed E-state index contributed by atoms with van der Waals surface area (Å²) in [6, 6.07) is 11.7. The molecule has 0 unspecified atom stereocenters. The van der Waals surface area contributed by atoms with Crippen LogP contribution >= 0.6 is 15.9 Å². The van der Waals surface area contributed by atoms with Crippen LogP contribution in [0.3, 0.4) is 0 Å². The highest BCUT2D eigenvalue weighted by Crippen LogP contribution is 2.21. The van der Waals surface area contributed by atoms with E-state index in [1.807, 2.05) is 19.1 Å². The van der Waals surface area contributed by atoms with Crippen molar-refractivity contribution in [1.29, 1.82) is 0 Å². The SMILES string of the molecule is Cc1cc(NC(=O)Cc2ccccc2[N+](=O)[O-])ccc1Br. The molecule has 1 amide bonds. The Morgan fingerprint density at radius 3 is 2.67 bits per heavy atom. The summed E-state index contributed by atoms with van der Waals surface area (Å²) in [4.78, 5) is 22.4. The van der Waals surface area contributed by atoms with Crippen LogP contribution in [-0.2, 0) is 11.2 Å². The van der Waals surface area contributed by atoms with Gasteiger partial charge in [0.05, 0.1) is 11.3 Å². The lowest BCUT2D eigenvalue weighted by molar-refractivity contribution is -0.385. The molecule has 2 aromatic rings. The van der Waals surface area contributed by atoms with E-state index in [1.54, 1.807) is 24.3 Å². The predicted octanol–water partition coefficient (Wildman–Crippen LogP) is 3.85. The fraction of sp³-hybridized carbons (Fsp3) is 0.133. The summed E-state index contributed by atoms with van der Waals surface area (Å²) in [5.41, 5.74) is 2.02. The van der Waals surface area contributed by atoms with Crippen LogP contribution in [0.1, 0.15) is 11.1 Å². The van der Waals surface area contributed by atoms with Gasteiger partial charge < -0.3 is 5.32 Å². The minimum atomic E-state index is -0.480. The smallest absolute Gasteiger partial charge is 0.273 e. The summed E-state index contributed by atoms with van der Waals surface area (Å²) >= 11 is 3.39. The summed E-state index contributed by atoms with van der Waals surface area (Å²) in [6.45, 7) is 1.92. The van der Waals surface area contributed by atoms with Gasteiger partial charge in [-0.3, -0.25) is 14.9 Å². The van der Waals surface area contributed by atoms with Crippen LogP contribution in [0.4, 0.5) is 11.4 Å². The molecule has 6 heteroatoms. The number of amides is 1. The van der Waals surface area contributed by atoms with Crippen molar-refractivity contribution < 1.29 is 9.72 Å². The number of nitro benzene ring substituents is 1. The fourth-order valence-electron chi connectivity index (χ4n) is 1.94. The third-order valence-electron chi connectivity index (χ3n) is 2.98. The molecule has 21 heavy (non-hydrogen) atoms. The molecular weight excluding hydrogens is 336 g/mol. The Morgan fingerprint density at radius 1 is 1.29 bits per heavy atom. The highest BCUT2D eigenvalue weighted by Gasteiger charge is 2.15. The van der Waals surface area contributed by atoms with Gasteiger partial charge >= 0.3 is 0 Å². The molecular formula is C15H13BrN2O3. The van der Waals surface area contributed by atoms with E-state index in [4.69, 9.17) is 0 Å². The van der Waals surface area contributed by atoms with Crippen molar-refractivity contribution in [2.24, 2.45) is 0 Å². The van der Waals surface area contributed by atoms with Gasteiger partial charge in [0.2, 0.25) is 5.91 Å². The molecule has 0 atom stereocenters. The molecule has 108 valence electrons. The second-order valence-corrected chi connectivity index (χ2v) is 5.43. The average molecular weight is 349 g/mol. The van der Waals surface area contributed by atoms with Gasteiger partial charge in [0.1, 0.15) is 0 Å². The number of halogens is 1. The van der Waals surface area contributed by atoms with E-state index in [0.29, 0.717) is 11.3 Å². The Balaban J connectivity index is 2.12. The van der Waals surface area contributed by atoms with Gasteiger partial charge in [-0.2, -0.15) is 0 Å². The van der Waals surface area contributed by atoms with Crippen LogP contribution in [0.15, 0.2) is 46.9 Å². The van der Waals surface area contributed by atoms with Crippen molar-refractivity contribution in [3.8, 4) is 0 Å². The minimum absolute atomic E-state index is 0.0355. The molecule has 1 N–H and O–H groups in total. The molecule has 2 aromatic carbocycles. The van der Waals surface area contributed by atoms with Crippen molar-refractivity contribution in [3.05, 3.63) is 68.2 Å². The first kappa shape index (κ1) is 15.2. The lowest BCUT2D eigenvalue weighted by Gasteiger charge is -2.07. The normalized spacial score (nSPS) is 10.2. The van der Waals surface area contributed by atoms with Crippen LogP contribution < -0.4 is 5.32 Å². The van der Waals surface area contributed by atoms with E-state index in [-0.39, 0.29) is 18.0 Å². The number of nitrogens with one attached hydrogen (secondary N) is 1. The summed E-state index contributed by atoms with van der Waals surface area (Å²) in [6.07, 6.45) is -0.0355. The summed E-state index contributed by atoms with van der Waals surface area (Å²) < 4.78 is 0.958. The number of para-hydroxylation sites is 1. The molecule has 2 rings (SSSR count). The number of carbonyl (C=O) groups excluding carboxylic acids is 1. The minimum Gasteiger partial charge on any atom is -0.326 e. The van der Waals surface area contributed by atoms with Crippen LogP contribution in [-0.4, -0.2) is 10.8 Å². The number of nitrogens with zero attached hydrogens (tertiary/aromatic N) is 1. The van der Waals surface area contributed by atoms with E-state index in [9.17, 15) is 14.9 Å². The third-order valence-corrected chi connectivity index (χ3v) is 3.87. The van der Waals surface area contributed by atoms with Crippen molar-refractivity contribution in [2.75, 3.05) is 5.32 Å². The Bertz CT molecular complexity index is 701. The van der Waals surface area contributed by atoms with Crippen LogP contribution in [0.5, 0.6) is 0 Å². The second kappa shape index (κ2) is 6.49. The molecule has 0 fully saturated rings. The number of hydrogen-bond acceptors (Lipinski definition) is 3. The number of hydrogen-bond donors (Lipinski definition) is 1. The maximum absolute atomic E-state index is 12.0. The first-order chi connectivity index (χ1) is 9.97. The molecule has 0 radical (unpaired) electrons. The fourth-order valence-corrected chi connectivity index (χ4v) is 2.19. The number of carbonyl (C=O) groups is 1. The van der Waals surface area contributed by atoms with E-state index < -0.39 is 4.92 Å². The number of aryl methyl sites for hydroxylation is 1. The molecule has 0 bridgehead atoms. The Kier molecular flexibility index (Phi) is 4.70. The monoisotopic (exact) mass is 348 g/mol. The van der Waals surface area contributed by atoms with Crippen molar-refractivity contribution in [2.45, 2.75) is 13.3 Å². The van der Waals surface area contributed by atoms with Gasteiger partial charge in [-0.15, -0.1) is 0 Å². The maximum Gasteiger partial charge on any atom is 0.273 e. The van der Waals surface area contributed by atoms with Gasteiger partial charge in [-0.25, -0.2) is 0 Å². The molecule has 0 aromatic heterocycles. The lowest BCUT2D eigenvalue weighted by atomic mass is 10.1. The largest absolute Gasteiger partial charge is 0.326 e. The van der Waals surface area contributed by atoms with Crippen LogP contribution in [0, 0.1) is 17.0 Å². The van der Waals surface area contributed by atoms with Crippen molar-refractivity contribution >= 4 is 33.2 Å². The van der Waals surface area contributed by atoms with E-state index in [1.165, 1.54) is 6.07 Å². The zero-order valence-corrected chi connectivity index (χ0v) is 12.9. The van der Waals surface area contributed by atoms with Gasteiger partial charge in [-0.1, -0.05) is 34.1 Å². The Morgan fingerprint density at radius 2 is 2.00 bits per heavy atom. The predicted molar refractivity (Wildman–Crippen MR) is 84.3 cm³/mol. The third kappa shape index (κ3) is 3.88. The molecule has 0 spiro atoms. The van der Waals surface area contributed by atoms with Crippen LogP contribution in [0.25, 0.3) is 0 Å². The number of rotatable bonds is 4. The van der Waals surface area contributed by atoms with Crippen molar-refractivity contribution in [3.63, 3.8) is 0 Å². The number of anilines is 1. The standard InChI is InChI=1S/C15H13BrN2O3/c1-10-8-12(6-7-13(10)16)17-15(19)9-11-4-2-3-5-14(11)18(20)21/h2-8H,9H2,1H3,(H,17,19). The average Bonchev–Trinajstić information content (AvgIpc) is 2.43. The second-order valence-electron chi connectivity index (χ2n) is 4.57. The zero-order chi connectivity index (χ0) is 15.4. The highest BCUT2D eigenvalue weighted by atomic mass is 79.9. The molecule has 0 heterocycles. The highest BCUT2D eigenvalue weighted by molar-refractivity contribution is 9.10. The number of nitro groups is 1. The first-order valence-electron chi connectivity index (χ1n) is 6.25. The lowest BCUT2D eigenvalue weighted by Crippen LogP contribution is -2.15. The summed E-state index contributed by atoms with van der Waals surface area (Å²) in [5.74, 6) is -0.286. The number of benzene rings is 2. The summed E-state index contributed by atoms with van der Waals surface area (Å²) in [7, 11) is 0. The Labute approximate surface area is 130 Å². The first-order valence-corrected chi connectivity index (χ1v) is 7.05. The van der Waals surface area contributed by atoms with Gasteiger partial charge in [0.25, 0.3) is 5.69 Å². The van der Waals surface area contributed by atoms with Gasteiger partial charge in [0, 0.05) is 21.8 Å². The topological polar surface area (TPSA) is 72.2 Å². The van der Waals surface area contributed by atoms with Gasteiger partial charge in [0.15, 0.2) is 0 Å². The van der Waals surface area contributed by atoms with E-state index in [0.717, 1.165) is 10.0 Å². The Hall–Kier alpha value is -2.21. The quantitative estimate of drug-likeness (QED) is 0.673. The van der Waals surface area contributed by atoms with Crippen molar-refractivity contribution in [1.82, 2.24) is 0 Å². The molecule has 5 nitrogen and oxygen atoms in total. The molecule has 0 aliphatic carbocycles. The molecule has 0 saturated carbocycles. The zero-order valence-electron chi connectivity index (χ0n) is 11.3. The van der Waals surface area contributed by atoms with E-state index in [2.05, 4.69) is 21.2 Å².